The summed E-state index contributed by atoms with van der Waals surface area (Å²) in [5, 5.41) is 19.8. The van der Waals surface area contributed by atoms with E-state index in [1.807, 2.05) is 13.8 Å². The van der Waals surface area contributed by atoms with Gasteiger partial charge in [-0.3, -0.25) is 24.0 Å². The minimum Gasteiger partial charge on any atom is -0.480 e. The zero-order chi connectivity index (χ0) is 30.6. The van der Waals surface area contributed by atoms with Crippen molar-refractivity contribution < 1.29 is 33.9 Å². The zero-order valence-electron chi connectivity index (χ0n) is 23.7. The molecule has 12 heteroatoms. The first-order valence-corrected chi connectivity index (χ1v) is 13.9. The number of nitrogens with zero attached hydrogens (tertiary/aromatic N) is 1. The maximum atomic E-state index is 13.2. The Morgan fingerprint density at radius 1 is 0.833 bits per heavy atom. The predicted octanol–water partition coefficient (Wildman–Crippen LogP) is 0.938. The SMILES string of the molecule is CC(C)C[C@H](NC(=O)[C@@H]1CCCN1C(=O)CNC(=O)c1ccccc1)C(=O)NC[C@H](NC(=O)c1ccccc1)C(=O)O. The highest BCUT2D eigenvalue weighted by Gasteiger charge is 2.36. The van der Waals surface area contributed by atoms with E-state index in [4.69, 9.17) is 0 Å². The summed E-state index contributed by atoms with van der Waals surface area (Å²) in [6.07, 6.45) is 1.24. The van der Waals surface area contributed by atoms with Gasteiger partial charge in [0.05, 0.1) is 6.54 Å². The Labute approximate surface area is 244 Å². The van der Waals surface area contributed by atoms with Gasteiger partial charge in [0.25, 0.3) is 11.8 Å². The molecule has 5 amide bonds. The van der Waals surface area contributed by atoms with Crippen LogP contribution >= 0.6 is 0 Å². The van der Waals surface area contributed by atoms with Crippen molar-refractivity contribution in [3.63, 3.8) is 0 Å². The normalized spacial score (nSPS) is 15.8. The summed E-state index contributed by atoms with van der Waals surface area (Å²) < 4.78 is 0. The Balaban J connectivity index is 1.58. The van der Waals surface area contributed by atoms with Crippen molar-refractivity contribution in [2.75, 3.05) is 19.6 Å². The number of benzene rings is 2. The quantitative estimate of drug-likeness (QED) is 0.235. The smallest absolute Gasteiger partial charge is 0.328 e. The van der Waals surface area contributed by atoms with E-state index in [2.05, 4.69) is 21.3 Å². The third-order valence-corrected chi connectivity index (χ3v) is 6.77. The molecule has 1 fully saturated rings. The van der Waals surface area contributed by atoms with Gasteiger partial charge in [0, 0.05) is 24.2 Å². The summed E-state index contributed by atoms with van der Waals surface area (Å²) >= 11 is 0. The second-order valence-corrected chi connectivity index (χ2v) is 10.5. The molecule has 0 aromatic heterocycles. The monoisotopic (exact) mass is 579 g/mol. The third-order valence-electron chi connectivity index (χ3n) is 6.77. The van der Waals surface area contributed by atoms with Crippen molar-refractivity contribution in [3.8, 4) is 0 Å². The Morgan fingerprint density at radius 2 is 1.43 bits per heavy atom. The topological polar surface area (TPSA) is 174 Å². The van der Waals surface area contributed by atoms with Gasteiger partial charge >= 0.3 is 5.97 Å². The highest BCUT2D eigenvalue weighted by Crippen LogP contribution is 2.18. The molecule has 2 aromatic carbocycles. The Morgan fingerprint density at radius 3 is 2.00 bits per heavy atom. The third kappa shape index (κ3) is 9.15. The molecule has 0 bridgehead atoms. The summed E-state index contributed by atoms with van der Waals surface area (Å²) in [5.74, 6) is -3.87. The van der Waals surface area contributed by atoms with Crippen LogP contribution in [0.15, 0.2) is 60.7 Å². The number of nitrogens with one attached hydrogen (secondary N) is 4. The fourth-order valence-electron chi connectivity index (χ4n) is 4.61. The van der Waals surface area contributed by atoms with Crippen LogP contribution in [0.4, 0.5) is 0 Å². The van der Waals surface area contributed by atoms with Crippen molar-refractivity contribution in [2.24, 2.45) is 5.92 Å². The number of rotatable bonds is 13. The van der Waals surface area contributed by atoms with Crippen molar-refractivity contribution in [1.82, 2.24) is 26.2 Å². The molecule has 0 radical (unpaired) electrons. The Bertz CT molecular complexity index is 1270. The lowest BCUT2D eigenvalue weighted by molar-refractivity contribution is -0.139. The molecule has 1 aliphatic heterocycles. The van der Waals surface area contributed by atoms with Crippen LogP contribution in [0.5, 0.6) is 0 Å². The van der Waals surface area contributed by atoms with E-state index in [-0.39, 0.29) is 24.4 Å². The second-order valence-electron chi connectivity index (χ2n) is 10.5. The average molecular weight is 580 g/mol. The molecule has 3 atom stereocenters. The molecule has 42 heavy (non-hydrogen) atoms. The van der Waals surface area contributed by atoms with Crippen molar-refractivity contribution >= 4 is 35.5 Å². The Kier molecular flexibility index (Phi) is 11.6. The molecule has 0 unspecified atom stereocenters. The Hall–Kier alpha value is -4.74. The number of carboxylic acids is 1. The second kappa shape index (κ2) is 15.3. The summed E-state index contributed by atoms with van der Waals surface area (Å²) in [6, 6.07) is 13.3. The number of carbonyl (C=O) groups excluding carboxylic acids is 5. The summed E-state index contributed by atoms with van der Waals surface area (Å²) in [5.41, 5.74) is 0.684. The van der Waals surface area contributed by atoms with E-state index in [9.17, 15) is 33.9 Å². The van der Waals surface area contributed by atoms with Gasteiger partial charge in [-0.15, -0.1) is 0 Å². The molecular formula is C30H37N5O7. The lowest BCUT2D eigenvalue weighted by Gasteiger charge is -2.27. The van der Waals surface area contributed by atoms with E-state index >= 15 is 0 Å². The fraction of sp³-hybridized carbons (Fsp3) is 0.400. The van der Waals surface area contributed by atoms with Crippen LogP contribution in [0, 0.1) is 5.92 Å². The minimum absolute atomic E-state index is 0.00335. The largest absolute Gasteiger partial charge is 0.480 e. The van der Waals surface area contributed by atoms with Crippen LogP contribution in [0.25, 0.3) is 0 Å². The molecule has 1 aliphatic rings. The molecule has 0 saturated carbocycles. The number of carboxylic acid groups (broad SMARTS) is 1. The maximum absolute atomic E-state index is 13.2. The van der Waals surface area contributed by atoms with E-state index in [1.54, 1.807) is 48.5 Å². The first kappa shape index (κ1) is 31.8. The van der Waals surface area contributed by atoms with E-state index in [0.717, 1.165) is 0 Å². The summed E-state index contributed by atoms with van der Waals surface area (Å²) in [4.78, 5) is 77.1. The van der Waals surface area contributed by atoms with Crippen molar-refractivity contribution in [2.45, 2.75) is 51.2 Å². The van der Waals surface area contributed by atoms with Gasteiger partial charge in [0.15, 0.2) is 0 Å². The zero-order valence-corrected chi connectivity index (χ0v) is 23.7. The lowest BCUT2D eigenvalue weighted by Crippen LogP contribution is -2.56. The molecule has 0 aliphatic carbocycles. The van der Waals surface area contributed by atoms with Crippen LogP contribution < -0.4 is 21.3 Å². The van der Waals surface area contributed by atoms with Crippen LogP contribution in [0.3, 0.4) is 0 Å². The number of likely N-dealkylation sites (tertiary alicyclic amines) is 1. The van der Waals surface area contributed by atoms with E-state index < -0.39 is 60.2 Å². The van der Waals surface area contributed by atoms with Gasteiger partial charge in [-0.25, -0.2) is 4.79 Å². The first-order chi connectivity index (χ1) is 20.1. The molecule has 0 spiro atoms. The molecule has 1 heterocycles. The van der Waals surface area contributed by atoms with E-state index in [0.29, 0.717) is 24.9 Å². The average Bonchev–Trinajstić information content (AvgIpc) is 3.48. The van der Waals surface area contributed by atoms with Crippen LogP contribution in [-0.4, -0.2) is 83.3 Å². The highest BCUT2D eigenvalue weighted by atomic mass is 16.4. The molecular weight excluding hydrogens is 542 g/mol. The van der Waals surface area contributed by atoms with Gasteiger partial charge in [-0.2, -0.15) is 0 Å². The molecule has 5 N–H and O–H groups in total. The molecule has 2 aromatic rings. The minimum atomic E-state index is -1.40. The number of aliphatic carboxylic acids is 1. The molecule has 1 saturated heterocycles. The number of hydrogen-bond donors (Lipinski definition) is 5. The maximum Gasteiger partial charge on any atom is 0.328 e. The summed E-state index contributed by atoms with van der Waals surface area (Å²) in [7, 11) is 0. The van der Waals surface area contributed by atoms with Crippen LogP contribution in [-0.2, 0) is 19.2 Å². The van der Waals surface area contributed by atoms with Crippen molar-refractivity contribution in [1.29, 1.82) is 0 Å². The fourth-order valence-corrected chi connectivity index (χ4v) is 4.61. The van der Waals surface area contributed by atoms with Crippen LogP contribution in [0.1, 0.15) is 53.8 Å². The number of carbonyl (C=O) groups is 6. The van der Waals surface area contributed by atoms with Gasteiger partial charge in [-0.05, 0) is 49.4 Å². The van der Waals surface area contributed by atoms with Gasteiger partial charge in [-0.1, -0.05) is 50.2 Å². The lowest BCUT2D eigenvalue weighted by atomic mass is 10.0. The highest BCUT2D eigenvalue weighted by molar-refractivity contribution is 5.98. The number of amides is 5. The number of hydrogen-bond acceptors (Lipinski definition) is 6. The first-order valence-electron chi connectivity index (χ1n) is 13.9. The van der Waals surface area contributed by atoms with Gasteiger partial charge in [0.1, 0.15) is 18.1 Å². The predicted molar refractivity (Wildman–Crippen MR) is 153 cm³/mol. The molecule has 3 rings (SSSR count). The van der Waals surface area contributed by atoms with Crippen LogP contribution in [0.2, 0.25) is 0 Å². The molecule has 12 nitrogen and oxygen atoms in total. The standard InChI is InChI=1S/C30H37N5O7/c1-19(2)16-22(28(39)31-17-23(30(41)42)34-27(38)21-12-7-4-8-13-21)33-29(40)24-14-9-15-35(24)25(36)18-32-26(37)20-10-5-3-6-11-20/h3-8,10-13,19,22-24H,9,14-18H2,1-2H3,(H,31,39)(H,32,37)(H,33,40)(H,34,38)(H,41,42)/t22-,23-,24-/m0/s1. The molecule has 224 valence electrons. The van der Waals surface area contributed by atoms with Crippen molar-refractivity contribution in [3.05, 3.63) is 71.8 Å². The van der Waals surface area contributed by atoms with Gasteiger partial charge in [0.2, 0.25) is 17.7 Å². The summed E-state index contributed by atoms with van der Waals surface area (Å²) in [6.45, 7) is 3.40. The van der Waals surface area contributed by atoms with Gasteiger partial charge < -0.3 is 31.3 Å². The van der Waals surface area contributed by atoms with E-state index in [1.165, 1.54) is 17.0 Å².